The Bertz CT molecular complexity index is 910. The molecule has 0 aromatic heterocycles. The summed E-state index contributed by atoms with van der Waals surface area (Å²) in [4.78, 5) is 28.6. The minimum atomic E-state index is -0.470. The molecule has 0 aliphatic carbocycles. The normalized spacial score (nSPS) is 15.6. The van der Waals surface area contributed by atoms with Crippen molar-refractivity contribution in [2.24, 2.45) is 5.11 Å². The molecule has 8 nitrogen and oxygen atoms in total. The molecule has 0 saturated carbocycles. The van der Waals surface area contributed by atoms with Crippen LogP contribution in [0.1, 0.15) is 28.8 Å². The lowest BCUT2D eigenvalue weighted by Crippen LogP contribution is -2.36. The summed E-state index contributed by atoms with van der Waals surface area (Å²) in [6, 6.07) is 12.1. The standard InChI is InChI=1S/C20H20N4O4/c1-27-18-11-17(22-23-21)16(20(26)24-9-5-8-15(24)12-25)10-19(18)28-13-14-6-3-2-4-7-14/h2-4,6-7,10-12,15H,5,8-9,13H2,1H3/t15-/m0/s1. The first-order valence-electron chi connectivity index (χ1n) is 8.88. The number of amides is 1. The predicted octanol–water partition coefficient (Wildman–Crippen LogP) is 4.02. The Balaban J connectivity index is 1.96. The number of likely N-dealkylation sites (tertiary alicyclic amines) is 1. The summed E-state index contributed by atoms with van der Waals surface area (Å²) < 4.78 is 11.2. The number of azide groups is 1. The van der Waals surface area contributed by atoms with E-state index in [0.29, 0.717) is 24.5 Å². The van der Waals surface area contributed by atoms with Crippen molar-refractivity contribution in [3.8, 4) is 11.5 Å². The lowest BCUT2D eigenvalue weighted by Gasteiger charge is -2.22. The quantitative estimate of drug-likeness (QED) is 0.313. The fourth-order valence-corrected chi connectivity index (χ4v) is 3.20. The minimum Gasteiger partial charge on any atom is -0.493 e. The Labute approximate surface area is 162 Å². The highest BCUT2D eigenvalue weighted by molar-refractivity contribution is 6.01. The predicted molar refractivity (Wildman–Crippen MR) is 103 cm³/mol. The number of hydrogen-bond acceptors (Lipinski definition) is 5. The van der Waals surface area contributed by atoms with Crippen LogP contribution in [0, 0.1) is 0 Å². The molecule has 0 N–H and O–H groups in total. The van der Waals surface area contributed by atoms with E-state index in [2.05, 4.69) is 10.0 Å². The SMILES string of the molecule is COc1cc(N=[N+]=[N-])c(C(=O)N2CCC[C@H]2C=O)cc1OCc1ccccc1. The molecule has 0 spiro atoms. The van der Waals surface area contributed by atoms with E-state index in [1.54, 1.807) is 0 Å². The molecule has 1 atom stereocenters. The lowest BCUT2D eigenvalue weighted by atomic mass is 10.1. The monoisotopic (exact) mass is 380 g/mol. The highest BCUT2D eigenvalue weighted by Gasteiger charge is 2.31. The zero-order valence-electron chi connectivity index (χ0n) is 15.4. The van der Waals surface area contributed by atoms with Gasteiger partial charge in [-0.05, 0) is 36.1 Å². The van der Waals surface area contributed by atoms with Crippen molar-refractivity contribution in [2.45, 2.75) is 25.5 Å². The van der Waals surface area contributed by atoms with Gasteiger partial charge in [0.2, 0.25) is 0 Å². The first-order valence-corrected chi connectivity index (χ1v) is 8.88. The molecule has 1 aliphatic heterocycles. The molecular weight excluding hydrogens is 360 g/mol. The van der Waals surface area contributed by atoms with E-state index in [-0.39, 0.29) is 23.8 Å². The number of hydrogen-bond donors (Lipinski definition) is 0. The number of nitrogens with zero attached hydrogens (tertiary/aromatic N) is 4. The van der Waals surface area contributed by atoms with Gasteiger partial charge in [0.05, 0.1) is 24.4 Å². The molecule has 144 valence electrons. The van der Waals surface area contributed by atoms with Crippen molar-refractivity contribution < 1.29 is 19.1 Å². The van der Waals surface area contributed by atoms with E-state index in [4.69, 9.17) is 15.0 Å². The van der Waals surface area contributed by atoms with Gasteiger partial charge in [0, 0.05) is 11.5 Å². The van der Waals surface area contributed by atoms with E-state index in [1.165, 1.54) is 24.1 Å². The number of ether oxygens (including phenoxy) is 2. The largest absolute Gasteiger partial charge is 0.493 e. The van der Waals surface area contributed by atoms with Gasteiger partial charge in [0.25, 0.3) is 5.91 Å². The van der Waals surface area contributed by atoms with Crippen LogP contribution in [-0.2, 0) is 11.4 Å². The van der Waals surface area contributed by atoms with Gasteiger partial charge in [0.1, 0.15) is 12.9 Å². The summed E-state index contributed by atoms with van der Waals surface area (Å²) in [5.41, 5.74) is 10.1. The first kappa shape index (κ1) is 19.3. The van der Waals surface area contributed by atoms with E-state index in [9.17, 15) is 9.59 Å². The van der Waals surface area contributed by atoms with E-state index in [0.717, 1.165) is 18.3 Å². The highest BCUT2D eigenvalue weighted by atomic mass is 16.5. The van der Waals surface area contributed by atoms with Crippen molar-refractivity contribution >= 4 is 17.9 Å². The lowest BCUT2D eigenvalue weighted by molar-refractivity contribution is -0.111. The number of benzene rings is 2. The van der Waals surface area contributed by atoms with Gasteiger partial charge in [-0.1, -0.05) is 35.4 Å². The second-order valence-corrected chi connectivity index (χ2v) is 6.33. The molecule has 0 unspecified atom stereocenters. The maximum atomic E-state index is 13.0. The number of methoxy groups -OCH3 is 1. The van der Waals surface area contributed by atoms with Gasteiger partial charge in [-0.15, -0.1) is 0 Å². The Morgan fingerprint density at radius 3 is 2.79 bits per heavy atom. The van der Waals surface area contributed by atoms with Crippen LogP contribution in [0.3, 0.4) is 0 Å². The number of rotatable bonds is 7. The van der Waals surface area contributed by atoms with Crippen LogP contribution >= 0.6 is 0 Å². The molecule has 2 aromatic rings. The van der Waals surface area contributed by atoms with E-state index in [1.807, 2.05) is 30.3 Å². The van der Waals surface area contributed by atoms with Gasteiger partial charge in [-0.2, -0.15) is 0 Å². The first-order chi connectivity index (χ1) is 13.7. The number of carbonyl (C=O) groups is 2. The van der Waals surface area contributed by atoms with Crippen LogP contribution in [0.15, 0.2) is 47.6 Å². The van der Waals surface area contributed by atoms with Crippen molar-refractivity contribution in [1.82, 2.24) is 4.90 Å². The molecule has 28 heavy (non-hydrogen) atoms. The zero-order valence-corrected chi connectivity index (χ0v) is 15.4. The van der Waals surface area contributed by atoms with Gasteiger partial charge < -0.3 is 19.2 Å². The molecule has 0 radical (unpaired) electrons. The summed E-state index contributed by atoms with van der Waals surface area (Å²) >= 11 is 0. The van der Waals surface area contributed by atoms with Gasteiger partial charge in [-0.25, -0.2) is 0 Å². The number of aldehydes is 1. The van der Waals surface area contributed by atoms with Crippen molar-refractivity contribution in [3.63, 3.8) is 0 Å². The Hall–Kier alpha value is -3.51. The Morgan fingerprint density at radius 2 is 2.11 bits per heavy atom. The zero-order chi connectivity index (χ0) is 19.9. The fourth-order valence-electron chi connectivity index (χ4n) is 3.20. The molecule has 8 heteroatoms. The molecule has 2 aromatic carbocycles. The Kier molecular flexibility index (Phi) is 6.14. The third kappa shape index (κ3) is 4.07. The van der Waals surface area contributed by atoms with Crippen LogP contribution in [0.5, 0.6) is 11.5 Å². The molecule has 1 fully saturated rings. The van der Waals surface area contributed by atoms with Gasteiger partial charge in [0.15, 0.2) is 11.5 Å². The molecule has 3 rings (SSSR count). The summed E-state index contributed by atoms with van der Waals surface area (Å²) in [6.07, 6.45) is 2.15. The summed E-state index contributed by atoms with van der Waals surface area (Å²) in [5.74, 6) is 0.334. The topological polar surface area (TPSA) is 105 Å². The second kappa shape index (κ2) is 8.92. The molecular formula is C20H20N4O4. The maximum Gasteiger partial charge on any atom is 0.255 e. The number of carbonyl (C=O) groups excluding carboxylic acids is 2. The van der Waals surface area contributed by atoms with E-state index >= 15 is 0 Å². The second-order valence-electron chi connectivity index (χ2n) is 6.33. The minimum absolute atomic E-state index is 0.132. The average Bonchev–Trinajstić information content (AvgIpc) is 3.21. The van der Waals surface area contributed by atoms with Crippen molar-refractivity contribution in [2.75, 3.05) is 13.7 Å². The molecule has 1 heterocycles. The summed E-state index contributed by atoms with van der Waals surface area (Å²) in [5, 5.41) is 3.63. The Morgan fingerprint density at radius 1 is 1.32 bits per heavy atom. The highest BCUT2D eigenvalue weighted by Crippen LogP contribution is 2.37. The van der Waals surface area contributed by atoms with Crippen LogP contribution in [0.25, 0.3) is 10.4 Å². The average molecular weight is 380 g/mol. The third-order valence-corrected chi connectivity index (χ3v) is 4.62. The van der Waals surface area contributed by atoms with Gasteiger partial charge in [-0.3, -0.25) is 4.79 Å². The third-order valence-electron chi connectivity index (χ3n) is 4.62. The smallest absolute Gasteiger partial charge is 0.255 e. The van der Waals surface area contributed by atoms with Crippen molar-refractivity contribution in [3.05, 3.63) is 64.0 Å². The summed E-state index contributed by atoms with van der Waals surface area (Å²) in [7, 11) is 1.47. The van der Waals surface area contributed by atoms with Crippen LogP contribution in [0.2, 0.25) is 0 Å². The molecule has 1 saturated heterocycles. The van der Waals surface area contributed by atoms with Crippen LogP contribution in [0.4, 0.5) is 5.69 Å². The summed E-state index contributed by atoms with van der Waals surface area (Å²) in [6.45, 7) is 0.760. The van der Waals surface area contributed by atoms with Crippen LogP contribution in [-0.4, -0.2) is 36.8 Å². The fraction of sp³-hybridized carbons (Fsp3) is 0.300. The molecule has 0 bridgehead atoms. The maximum absolute atomic E-state index is 13.0. The van der Waals surface area contributed by atoms with E-state index < -0.39 is 6.04 Å². The van der Waals surface area contributed by atoms with Crippen LogP contribution < -0.4 is 9.47 Å². The van der Waals surface area contributed by atoms with Crippen molar-refractivity contribution in [1.29, 1.82) is 0 Å². The van der Waals surface area contributed by atoms with Gasteiger partial charge >= 0.3 is 0 Å². The molecule has 1 amide bonds. The molecule has 1 aliphatic rings.